The summed E-state index contributed by atoms with van der Waals surface area (Å²) >= 11 is 4.64. The van der Waals surface area contributed by atoms with E-state index in [1.165, 1.54) is 12.5 Å². The van der Waals surface area contributed by atoms with Crippen molar-refractivity contribution in [1.29, 1.82) is 0 Å². The van der Waals surface area contributed by atoms with Gasteiger partial charge >= 0.3 is 0 Å². The van der Waals surface area contributed by atoms with Crippen molar-refractivity contribution in [2.24, 2.45) is 0 Å². The van der Waals surface area contributed by atoms with Crippen LogP contribution in [0.4, 0.5) is 0 Å². The van der Waals surface area contributed by atoms with Crippen LogP contribution in [-0.2, 0) is 0 Å². The van der Waals surface area contributed by atoms with Crippen molar-refractivity contribution in [3.8, 4) is 0 Å². The minimum absolute atomic E-state index is 1.10. The molecule has 0 N–H and O–H groups in total. The van der Waals surface area contributed by atoms with E-state index in [4.69, 9.17) is 0 Å². The van der Waals surface area contributed by atoms with E-state index in [2.05, 4.69) is 68.4 Å². The fraction of sp³-hybridized carbons (Fsp3) is 0. The second-order valence-corrected chi connectivity index (χ2v) is 4.75. The SMILES string of the molecule is Ic1ccnc2c(I)cccc12. The molecule has 0 fully saturated rings. The first kappa shape index (κ1) is 8.68. The Kier molecular flexibility index (Phi) is 2.49. The first-order valence-corrected chi connectivity index (χ1v) is 5.63. The van der Waals surface area contributed by atoms with Gasteiger partial charge in [-0.15, -0.1) is 0 Å². The highest BCUT2D eigenvalue weighted by atomic mass is 127. The van der Waals surface area contributed by atoms with E-state index in [-0.39, 0.29) is 0 Å². The average molecular weight is 381 g/mol. The van der Waals surface area contributed by atoms with Gasteiger partial charge < -0.3 is 0 Å². The van der Waals surface area contributed by atoms with Gasteiger partial charge in [0.15, 0.2) is 0 Å². The third-order valence-corrected chi connectivity index (χ3v) is 3.48. The minimum Gasteiger partial charge on any atom is -0.255 e. The molecule has 0 amide bonds. The van der Waals surface area contributed by atoms with Gasteiger partial charge in [-0.05, 0) is 57.3 Å². The van der Waals surface area contributed by atoms with Crippen LogP contribution in [0.5, 0.6) is 0 Å². The summed E-state index contributed by atoms with van der Waals surface area (Å²) in [4.78, 5) is 4.33. The second kappa shape index (κ2) is 3.45. The Balaban J connectivity index is 2.94. The number of nitrogens with zero attached hydrogens (tertiary/aromatic N) is 1. The summed E-state index contributed by atoms with van der Waals surface area (Å²) in [6.45, 7) is 0. The van der Waals surface area contributed by atoms with E-state index < -0.39 is 0 Å². The third kappa shape index (κ3) is 1.44. The number of pyridine rings is 1. The molecule has 1 heterocycles. The molecule has 0 unspecified atom stereocenters. The maximum atomic E-state index is 4.33. The van der Waals surface area contributed by atoms with E-state index >= 15 is 0 Å². The molecule has 12 heavy (non-hydrogen) atoms. The lowest BCUT2D eigenvalue weighted by molar-refractivity contribution is 1.39. The van der Waals surface area contributed by atoms with Crippen LogP contribution in [0.2, 0.25) is 0 Å². The van der Waals surface area contributed by atoms with Crippen molar-refractivity contribution < 1.29 is 0 Å². The van der Waals surface area contributed by atoms with Crippen LogP contribution in [0, 0.1) is 7.14 Å². The monoisotopic (exact) mass is 381 g/mol. The topological polar surface area (TPSA) is 12.9 Å². The molecule has 3 heteroatoms. The lowest BCUT2D eigenvalue weighted by Gasteiger charge is -2.00. The standard InChI is InChI=1S/C9H5I2N/c10-7-4-5-12-9-6(7)2-1-3-8(9)11/h1-5H. The van der Waals surface area contributed by atoms with Crippen molar-refractivity contribution in [3.05, 3.63) is 37.6 Å². The van der Waals surface area contributed by atoms with Crippen LogP contribution in [0.3, 0.4) is 0 Å². The summed E-state index contributed by atoms with van der Waals surface area (Å²) in [5.41, 5.74) is 1.10. The molecular weight excluding hydrogens is 376 g/mol. The van der Waals surface area contributed by atoms with Gasteiger partial charge in [0.2, 0.25) is 0 Å². The fourth-order valence-corrected chi connectivity index (χ4v) is 2.34. The van der Waals surface area contributed by atoms with Crippen LogP contribution in [0.25, 0.3) is 10.9 Å². The van der Waals surface area contributed by atoms with E-state index in [0.717, 1.165) is 5.52 Å². The van der Waals surface area contributed by atoms with Crippen LogP contribution >= 0.6 is 45.2 Å². The van der Waals surface area contributed by atoms with Gasteiger partial charge in [-0.2, -0.15) is 0 Å². The summed E-state index contributed by atoms with van der Waals surface area (Å²) in [5.74, 6) is 0. The molecule has 1 aromatic carbocycles. The summed E-state index contributed by atoms with van der Waals surface area (Å²) in [6.07, 6.45) is 1.85. The molecule has 60 valence electrons. The van der Waals surface area contributed by atoms with Gasteiger partial charge in [0.05, 0.1) is 5.52 Å². The zero-order chi connectivity index (χ0) is 8.55. The number of hydrogen-bond acceptors (Lipinski definition) is 1. The Morgan fingerprint density at radius 1 is 1.00 bits per heavy atom. The summed E-state index contributed by atoms with van der Waals surface area (Å²) in [5, 5.41) is 1.24. The van der Waals surface area contributed by atoms with Crippen molar-refractivity contribution in [2.75, 3.05) is 0 Å². The van der Waals surface area contributed by atoms with Gasteiger partial charge in [-0.25, -0.2) is 0 Å². The Labute approximate surface area is 97.9 Å². The van der Waals surface area contributed by atoms with Crippen LogP contribution in [-0.4, -0.2) is 4.98 Å². The van der Waals surface area contributed by atoms with Crippen molar-refractivity contribution >= 4 is 56.1 Å². The van der Waals surface area contributed by atoms with E-state index in [9.17, 15) is 0 Å². The molecule has 1 aromatic heterocycles. The number of para-hydroxylation sites is 1. The first-order chi connectivity index (χ1) is 5.79. The normalized spacial score (nSPS) is 10.5. The Morgan fingerprint density at radius 3 is 2.58 bits per heavy atom. The predicted octanol–water partition coefficient (Wildman–Crippen LogP) is 3.44. The number of halogens is 2. The smallest absolute Gasteiger partial charge is 0.0845 e. The van der Waals surface area contributed by atoms with Gasteiger partial charge in [0, 0.05) is 18.7 Å². The molecule has 0 spiro atoms. The van der Waals surface area contributed by atoms with Gasteiger partial charge in [0.1, 0.15) is 0 Å². The quantitative estimate of drug-likeness (QED) is 0.638. The van der Waals surface area contributed by atoms with Gasteiger partial charge in [-0.3, -0.25) is 4.98 Å². The minimum atomic E-state index is 1.10. The van der Waals surface area contributed by atoms with E-state index in [1.54, 1.807) is 0 Å². The van der Waals surface area contributed by atoms with Crippen LogP contribution in [0.15, 0.2) is 30.5 Å². The molecule has 2 aromatic rings. The molecule has 0 bridgehead atoms. The molecule has 0 saturated carbocycles. The van der Waals surface area contributed by atoms with Gasteiger partial charge in [0.25, 0.3) is 0 Å². The summed E-state index contributed by atoms with van der Waals surface area (Å²) < 4.78 is 2.47. The summed E-state index contributed by atoms with van der Waals surface area (Å²) in [7, 11) is 0. The summed E-state index contributed by atoms with van der Waals surface area (Å²) in [6, 6.07) is 8.27. The van der Waals surface area contributed by atoms with Gasteiger partial charge in [-0.1, -0.05) is 12.1 Å². The number of fused-ring (bicyclic) bond motifs is 1. The third-order valence-electron chi connectivity index (χ3n) is 1.67. The lowest BCUT2D eigenvalue weighted by atomic mass is 10.2. The fourth-order valence-electron chi connectivity index (χ4n) is 1.11. The number of benzene rings is 1. The Bertz CT molecular complexity index is 385. The lowest BCUT2D eigenvalue weighted by Crippen LogP contribution is -1.84. The van der Waals surface area contributed by atoms with E-state index in [0.29, 0.717) is 0 Å². The molecule has 0 aliphatic rings. The van der Waals surface area contributed by atoms with Crippen molar-refractivity contribution in [2.45, 2.75) is 0 Å². The maximum Gasteiger partial charge on any atom is 0.0845 e. The second-order valence-electron chi connectivity index (χ2n) is 2.43. The van der Waals surface area contributed by atoms with Crippen molar-refractivity contribution in [1.82, 2.24) is 4.98 Å². The molecule has 0 atom stereocenters. The largest absolute Gasteiger partial charge is 0.255 e. The number of hydrogen-bond donors (Lipinski definition) is 0. The number of rotatable bonds is 0. The molecule has 0 aliphatic carbocycles. The Hall–Kier alpha value is 0.0900. The molecule has 1 nitrogen and oxygen atoms in total. The molecule has 0 aliphatic heterocycles. The highest BCUT2D eigenvalue weighted by molar-refractivity contribution is 14.1. The zero-order valence-corrected chi connectivity index (χ0v) is 10.4. The number of aromatic nitrogens is 1. The zero-order valence-electron chi connectivity index (χ0n) is 6.09. The van der Waals surface area contributed by atoms with E-state index in [1.807, 2.05) is 12.3 Å². The van der Waals surface area contributed by atoms with Crippen LogP contribution < -0.4 is 0 Å². The van der Waals surface area contributed by atoms with Crippen LogP contribution in [0.1, 0.15) is 0 Å². The molecule has 0 radical (unpaired) electrons. The highest BCUT2D eigenvalue weighted by Crippen LogP contribution is 2.22. The predicted molar refractivity (Wildman–Crippen MR) is 67.2 cm³/mol. The highest BCUT2D eigenvalue weighted by Gasteiger charge is 2.00. The van der Waals surface area contributed by atoms with Crippen molar-refractivity contribution in [3.63, 3.8) is 0 Å². The Morgan fingerprint density at radius 2 is 1.83 bits per heavy atom. The average Bonchev–Trinajstić information content (AvgIpc) is 2.07. The first-order valence-electron chi connectivity index (χ1n) is 3.48. The molecular formula is C9H5I2N. The molecule has 2 rings (SSSR count). The maximum absolute atomic E-state index is 4.33. The molecule has 0 saturated heterocycles.